The van der Waals surface area contributed by atoms with Gasteiger partial charge in [0.25, 0.3) is 0 Å². The third-order valence-electron chi connectivity index (χ3n) is 2.51. The molecule has 1 aromatic rings. The van der Waals surface area contributed by atoms with Crippen molar-refractivity contribution in [2.24, 2.45) is 0 Å². The molecule has 2 heterocycles. The number of furan rings is 1. The first-order chi connectivity index (χ1) is 7.63. The number of carbonyl (C=O) groups is 1. The third kappa shape index (κ3) is 2.08. The molecule has 0 spiro atoms. The lowest BCUT2D eigenvalue weighted by atomic mass is 9.99. The van der Waals surface area contributed by atoms with Crippen molar-refractivity contribution in [1.82, 2.24) is 0 Å². The number of carbonyl (C=O) groups excluding carboxylic acids is 1. The van der Waals surface area contributed by atoms with Gasteiger partial charge in [-0.2, -0.15) is 0 Å². The Morgan fingerprint density at radius 2 is 2.31 bits per heavy atom. The molecular weight excluding hydrogens is 204 g/mol. The molecule has 0 radical (unpaired) electrons. The predicted molar refractivity (Wildman–Crippen MR) is 60.6 cm³/mol. The lowest BCUT2D eigenvalue weighted by Gasteiger charge is -2.16. The van der Waals surface area contributed by atoms with Crippen LogP contribution in [0.3, 0.4) is 0 Å². The van der Waals surface area contributed by atoms with Crippen LogP contribution in [0.2, 0.25) is 0 Å². The second kappa shape index (κ2) is 4.00. The summed E-state index contributed by atoms with van der Waals surface area (Å²) in [7, 11) is 0. The van der Waals surface area contributed by atoms with Crippen molar-refractivity contribution in [1.29, 1.82) is 0 Å². The van der Waals surface area contributed by atoms with Crippen LogP contribution in [0.5, 0.6) is 0 Å². The molecule has 0 aliphatic carbocycles. The number of cyclic esters (lactones) is 1. The maximum Gasteiger partial charge on any atom is 0.335 e. The zero-order chi connectivity index (χ0) is 11.6. The van der Waals surface area contributed by atoms with Crippen LogP contribution in [0.25, 0.3) is 6.08 Å². The van der Waals surface area contributed by atoms with E-state index in [0.717, 1.165) is 0 Å². The van der Waals surface area contributed by atoms with Crippen LogP contribution >= 0.6 is 0 Å². The highest BCUT2D eigenvalue weighted by atomic mass is 16.6. The van der Waals surface area contributed by atoms with Gasteiger partial charge in [-0.05, 0) is 38.1 Å². The molecule has 0 amide bonds. The summed E-state index contributed by atoms with van der Waals surface area (Å²) >= 11 is 0. The molecule has 1 aliphatic heterocycles. The first-order valence-electron chi connectivity index (χ1n) is 5.24. The largest absolute Gasteiger partial charge is 0.465 e. The molecule has 1 saturated heterocycles. The second-order valence-electron chi connectivity index (χ2n) is 4.06. The summed E-state index contributed by atoms with van der Waals surface area (Å²) < 4.78 is 10.5. The van der Waals surface area contributed by atoms with E-state index in [9.17, 15) is 4.79 Å². The zero-order valence-electron chi connectivity index (χ0n) is 9.40. The minimum atomic E-state index is -0.510. The average Bonchev–Trinajstić information content (AvgIpc) is 2.77. The molecule has 16 heavy (non-hydrogen) atoms. The van der Waals surface area contributed by atoms with Crippen molar-refractivity contribution in [2.45, 2.75) is 25.9 Å². The predicted octanol–water partition coefficient (Wildman–Crippen LogP) is 2.94. The molecule has 1 aliphatic rings. The second-order valence-corrected chi connectivity index (χ2v) is 4.06. The third-order valence-corrected chi connectivity index (χ3v) is 2.51. The zero-order valence-corrected chi connectivity index (χ0v) is 9.40. The fourth-order valence-electron chi connectivity index (χ4n) is 1.86. The smallest absolute Gasteiger partial charge is 0.335 e. The molecule has 0 saturated carbocycles. The lowest BCUT2D eigenvalue weighted by Crippen LogP contribution is -2.19. The van der Waals surface area contributed by atoms with Crippen molar-refractivity contribution >= 4 is 12.0 Å². The van der Waals surface area contributed by atoms with E-state index in [1.807, 2.05) is 32.1 Å². The monoisotopic (exact) mass is 218 g/mol. The van der Waals surface area contributed by atoms with Gasteiger partial charge >= 0.3 is 5.97 Å². The van der Waals surface area contributed by atoms with E-state index < -0.39 is 5.60 Å². The Bertz CT molecular complexity index is 440. The Morgan fingerprint density at radius 1 is 1.50 bits per heavy atom. The molecule has 0 N–H and O–H groups in total. The summed E-state index contributed by atoms with van der Waals surface area (Å²) in [6, 6.07) is 3.60. The van der Waals surface area contributed by atoms with Crippen molar-refractivity contribution in [3.05, 3.63) is 41.9 Å². The quantitative estimate of drug-likeness (QED) is 0.435. The maximum absolute atomic E-state index is 11.6. The van der Waals surface area contributed by atoms with Gasteiger partial charge in [-0.15, -0.1) is 0 Å². The summed E-state index contributed by atoms with van der Waals surface area (Å²) in [5, 5.41) is 0. The van der Waals surface area contributed by atoms with E-state index in [4.69, 9.17) is 9.15 Å². The number of esters is 1. The topological polar surface area (TPSA) is 39.4 Å². The molecule has 3 heteroatoms. The van der Waals surface area contributed by atoms with Crippen LogP contribution in [-0.2, 0) is 9.53 Å². The summed E-state index contributed by atoms with van der Waals surface area (Å²) in [4.78, 5) is 11.6. The highest BCUT2D eigenvalue weighted by molar-refractivity contribution is 5.96. The van der Waals surface area contributed by atoms with Gasteiger partial charge in [-0.25, -0.2) is 4.79 Å². The first-order valence-corrected chi connectivity index (χ1v) is 5.24. The standard InChI is InChI=1S/C13H14O3/c1-3-6-13(2)9-10(12(14)16-13)8-11-5-4-7-15-11/h3-8H,9H2,1-2H3/b6-3+,10-8-. The normalized spacial score (nSPS) is 27.9. The minimum absolute atomic E-state index is 0.267. The van der Waals surface area contributed by atoms with E-state index in [1.54, 1.807) is 18.4 Å². The van der Waals surface area contributed by atoms with Crippen molar-refractivity contribution < 1.29 is 13.9 Å². The Kier molecular flexibility index (Phi) is 2.69. The Hall–Kier alpha value is -1.77. The van der Waals surface area contributed by atoms with Crippen molar-refractivity contribution in [3.63, 3.8) is 0 Å². The average molecular weight is 218 g/mol. The highest BCUT2D eigenvalue weighted by Crippen LogP contribution is 2.32. The van der Waals surface area contributed by atoms with Crippen LogP contribution < -0.4 is 0 Å². The molecule has 3 nitrogen and oxygen atoms in total. The Labute approximate surface area is 94.4 Å². The van der Waals surface area contributed by atoms with Crippen LogP contribution in [-0.4, -0.2) is 11.6 Å². The fraction of sp³-hybridized carbons (Fsp3) is 0.308. The number of ether oxygens (including phenoxy) is 1. The Balaban J connectivity index is 2.23. The lowest BCUT2D eigenvalue weighted by molar-refractivity contribution is -0.141. The molecule has 0 aromatic carbocycles. The molecule has 0 bridgehead atoms. The number of allylic oxidation sites excluding steroid dienone is 1. The van der Waals surface area contributed by atoms with Crippen LogP contribution in [0.4, 0.5) is 0 Å². The van der Waals surface area contributed by atoms with Crippen LogP contribution in [0.15, 0.2) is 40.5 Å². The van der Waals surface area contributed by atoms with E-state index >= 15 is 0 Å². The molecule has 1 unspecified atom stereocenters. The van der Waals surface area contributed by atoms with Crippen LogP contribution in [0.1, 0.15) is 26.0 Å². The van der Waals surface area contributed by atoms with Gasteiger partial charge in [-0.1, -0.05) is 6.08 Å². The molecule has 1 aromatic heterocycles. The summed E-state index contributed by atoms with van der Waals surface area (Å²) in [5.74, 6) is 0.411. The number of rotatable bonds is 2. The SMILES string of the molecule is C/C=C/C1(C)C/C(=C/c2ccco2)C(=O)O1. The Morgan fingerprint density at radius 3 is 2.94 bits per heavy atom. The maximum atomic E-state index is 11.6. The van der Waals surface area contributed by atoms with E-state index in [0.29, 0.717) is 17.8 Å². The number of hydrogen-bond donors (Lipinski definition) is 0. The highest BCUT2D eigenvalue weighted by Gasteiger charge is 2.37. The molecule has 2 rings (SSSR count). The van der Waals surface area contributed by atoms with E-state index in [1.165, 1.54) is 0 Å². The molecular formula is C13H14O3. The van der Waals surface area contributed by atoms with Crippen molar-refractivity contribution in [2.75, 3.05) is 0 Å². The summed E-state index contributed by atoms with van der Waals surface area (Å²) in [6.45, 7) is 3.81. The van der Waals surface area contributed by atoms with Gasteiger partial charge in [0, 0.05) is 12.0 Å². The molecule has 1 atom stereocenters. The van der Waals surface area contributed by atoms with Gasteiger partial charge in [0.05, 0.1) is 6.26 Å². The van der Waals surface area contributed by atoms with Crippen LogP contribution in [0, 0.1) is 0 Å². The summed E-state index contributed by atoms with van der Waals surface area (Å²) in [6.07, 6.45) is 7.68. The van der Waals surface area contributed by atoms with Gasteiger partial charge in [-0.3, -0.25) is 0 Å². The minimum Gasteiger partial charge on any atom is -0.465 e. The van der Waals surface area contributed by atoms with Gasteiger partial charge < -0.3 is 9.15 Å². The van der Waals surface area contributed by atoms with E-state index in [2.05, 4.69) is 0 Å². The van der Waals surface area contributed by atoms with Gasteiger partial charge in [0.1, 0.15) is 11.4 Å². The molecule has 84 valence electrons. The van der Waals surface area contributed by atoms with Gasteiger partial charge in [0.2, 0.25) is 0 Å². The number of hydrogen-bond acceptors (Lipinski definition) is 3. The van der Waals surface area contributed by atoms with Gasteiger partial charge in [0.15, 0.2) is 0 Å². The summed E-state index contributed by atoms with van der Waals surface area (Å²) in [5.41, 5.74) is 0.139. The molecule has 1 fully saturated rings. The van der Waals surface area contributed by atoms with Crippen molar-refractivity contribution in [3.8, 4) is 0 Å². The first kappa shape index (κ1) is 10.7. The fourth-order valence-corrected chi connectivity index (χ4v) is 1.86. The van der Waals surface area contributed by atoms with E-state index in [-0.39, 0.29) is 5.97 Å².